The number of nitrogens with one attached hydrogen (secondary N) is 1. The Balaban J connectivity index is 1.85. The van der Waals surface area contributed by atoms with Gasteiger partial charge in [0.15, 0.2) is 0 Å². The normalized spacial score (nSPS) is 11.2. The number of anilines is 1. The first-order chi connectivity index (χ1) is 14.9. The van der Waals surface area contributed by atoms with Crippen molar-refractivity contribution in [3.8, 4) is 0 Å². The Morgan fingerprint density at radius 1 is 1.00 bits per heavy atom. The summed E-state index contributed by atoms with van der Waals surface area (Å²) in [4.78, 5) is 14.8. The van der Waals surface area contributed by atoms with Gasteiger partial charge in [0.05, 0.1) is 22.2 Å². The molecule has 0 atom stereocenters. The minimum atomic E-state index is -3.92. The number of halogens is 1. The molecule has 162 valence electrons. The van der Waals surface area contributed by atoms with Gasteiger partial charge in [-0.2, -0.15) is 0 Å². The van der Waals surface area contributed by atoms with Crippen LogP contribution in [0, 0.1) is 0 Å². The molecule has 3 rings (SSSR count). The average Bonchev–Trinajstić information content (AvgIpc) is 2.78. The molecule has 0 aliphatic carbocycles. The second-order valence-corrected chi connectivity index (χ2v) is 8.91. The van der Waals surface area contributed by atoms with Crippen molar-refractivity contribution in [2.24, 2.45) is 0 Å². The van der Waals surface area contributed by atoms with Gasteiger partial charge in [-0.25, -0.2) is 8.42 Å². The summed E-state index contributed by atoms with van der Waals surface area (Å²) in [6.07, 6.45) is 0. The maximum atomic E-state index is 13.2. The van der Waals surface area contributed by atoms with E-state index in [4.69, 9.17) is 16.3 Å². The molecule has 0 saturated carbocycles. The molecule has 0 unspecified atom stereocenters. The van der Waals surface area contributed by atoms with Crippen LogP contribution in [0.1, 0.15) is 15.9 Å². The number of hydrogen-bond donors (Lipinski definition) is 1. The molecule has 31 heavy (non-hydrogen) atoms. The van der Waals surface area contributed by atoms with Gasteiger partial charge in [0.25, 0.3) is 15.9 Å². The first-order valence-corrected chi connectivity index (χ1v) is 11.5. The first-order valence-electron chi connectivity index (χ1n) is 9.60. The third kappa shape index (κ3) is 6.07. The van der Waals surface area contributed by atoms with E-state index in [1.165, 1.54) is 12.1 Å². The van der Waals surface area contributed by atoms with Gasteiger partial charge in [0.1, 0.15) is 0 Å². The molecular formula is C23H23ClN2O4S. The second-order valence-electron chi connectivity index (χ2n) is 6.82. The fourth-order valence-electron chi connectivity index (χ4n) is 2.98. The molecule has 1 amide bonds. The Kier molecular flexibility index (Phi) is 7.68. The van der Waals surface area contributed by atoms with Gasteiger partial charge < -0.3 is 9.64 Å². The molecule has 0 radical (unpaired) electrons. The summed E-state index contributed by atoms with van der Waals surface area (Å²) in [6.45, 7) is 1.13. The van der Waals surface area contributed by atoms with Crippen molar-refractivity contribution >= 4 is 33.2 Å². The molecule has 0 fully saturated rings. The van der Waals surface area contributed by atoms with Gasteiger partial charge in [-0.05, 0) is 35.9 Å². The summed E-state index contributed by atoms with van der Waals surface area (Å²) < 4.78 is 33.3. The number of carbonyl (C=O) groups excluding carboxylic acids is 1. The molecule has 8 heteroatoms. The van der Waals surface area contributed by atoms with Gasteiger partial charge in [-0.1, -0.05) is 60.1 Å². The van der Waals surface area contributed by atoms with Gasteiger partial charge in [-0.15, -0.1) is 0 Å². The summed E-state index contributed by atoms with van der Waals surface area (Å²) in [5.74, 6) is -0.282. The third-order valence-corrected chi connectivity index (χ3v) is 6.27. The van der Waals surface area contributed by atoms with Crippen LogP contribution in [0.3, 0.4) is 0 Å². The van der Waals surface area contributed by atoms with Gasteiger partial charge in [-0.3, -0.25) is 9.52 Å². The van der Waals surface area contributed by atoms with Gasteiger partial charge >= 0.3 is 0 Å². The summed E-state index contributed by atoms with van der Waals surface area (Å²) >= 11 is 6.07. The zero-order chi connectivity index (χ0) is 22.3. The summed E-state index contributed by atoms with van der Waals surface area (Å²) in [5.41, 5.74) is 1.51. The minimum absolute atomic E-state index is 0.0235. The number of nitrogens with zero attached hydrogens (tertiary/aromatic N) is 1. The summed E-state index contributed by atoms with van der Waals surface area (Å²) in [5, 5.41) is 0.284. The zero-order valence-corrected chi connectivity index (χ0v) is 18.6. The van der Waals surface area contributed by atoms with Crippen molar-refractivity contribution in [2.75, 3.05) is 25.0 Å². The lowest BCUT2D eigenvalue weighted by atomic mass is 10.1. The lowest BCUT2D eigenvalue weighted by Gasteiger charge is -2.23. The van der Waals surface area contributed by atoms with Crippen molar-refractivity contribution in [1.82, 2.24) is 4.90 Å². The van der Waals surface area contributed by atoms with E-state index in [-0.39, 0.29) is 27.1 Å². The Labute approximate surface area is 187 Å². The van der Waals surface area contributed by atoms with Crippen molar-refractivity contribution in [1.29, 1.82) is 0 Å². The van der Waals surface area contributed by atoms with Crippen molar-refractivity contribution in [3.63, 3.8) is 0 Å². The smallest absolute Gasteiger partial charge is 0.261 e. The molecule has 1 N–H and O–H groups in total. The highest BCUT2D eigenvalue weighted by Crippen LogP contribution is 2.24. The first kappa shape index (κ1) is 22.8. The SMILES string of the molecule is COCCN(Cc1ccccc1)C(=O)c1cccc(S(=O)(=O)Nc2ccccc2Cl)c1. The molecule has 0 spiro atoms. The van der Waals surface area contributed by atoms with E-state index in [2.05, 4.69) is 4.72 Å². The fourth-order valence-corrected chi connectivity index (χ4v) is 4.35. The molecular weight excluding hydrogens is 436 g/mol. The van der Waals surface area contributed by atoms with E-state index < -0.39 is 10.0 Å². The minimum Gasteiger partial charge on any atom is -0.383 e. The van der Waals surface area contributed by atoms with Crippen LogP contribution in [-0.4, -0.2) is 39.5 Å². The van der Waals surface area contributed by atoms with Gasteiger partial charge in [0.2, 0.25) is 0 Å². The maximum absolute atomic E-state index is 13.2. The Morgan fingerprint density at radius 2 is 1.71 bits per heavy atom. The lowest BCUT2D eigenvalue weighted by molar-refractivity contribution is 0.0680. The van der Waals surface area contributed by atoms with Crippen LogP contribution in [-0.2, 0) is 21.3 Å². The molecule has 0 heterocycles. The molecule has 6 nitrogen and oxygen atoms in total. The molecule has 0 bridgehead atoms. The van der Waals surface area contributed by atoms with Crippen LogP contribution in [0.15, 0.2) is 83.8 Å². The highest BCUT2D eigenvalue weighted by Gasteiger charge is 2.20. The number of para-hydroxylation sites is 1. The standard InChI is InChI=1S/C23H23ClN2O4S/c1-30-15-14-26(17-18-8-3-2-4-9-18)23(27)19-10-7-11-20(16-19)31(28,29)25-22-13-6-5-12-21(22)24/h2-13,16,25H,14-15,17H2,1H3. The predicted octanol–water partition coefficient (Wildman–Crippen LogP) is 4.43. The highest BCUT2D eigenvalue weighted by atomic mass is 35.5. The maximum Gasteiger partial charge on any atom is 0.261 e. The van der Waals surface area contributed by atoms with Crippen LogP contribution in [0.5, 0.6) is 0 Å². The lowest BCUT2D eigenvalue weighted by Crippen LogP contribution is -2.33. The van der Waals surface area contributed by atoms with E-state index in [1.807, 2.05) is 30.3 Å². The molecule has 3 aromatic carbocycles. The Bertz CT molecular complexity index is 1140. The number of methoxy groups -OCH3 is 1. The number of hydrogen-bond acceptors (Lipinski definition) is 4. The monoisotopic (exact) mass is 458 g/mol. The molecule has 3 aromatic rings. The number of ether oxygens (including phenoxy) is 1. The van der Waals surface area contributed by atoms with Crippen molar-refractivity contribution < 1.29 is 17.9 Å². The van der Waals surface area contributed by atoms with Crippen LogP contribution in [0.4, 0.5) is 5.69 Å². The largest absolute Gasteiger partial charge is 0.383 e. The number of sulfonamides is 1. The van der Waals surface area contributed by atoms with Crippen molar-refractivity contribution in [2.45, 2.75) is 11.4 Å². The van der Waals surface area contributed by atoms with Crippen molar-refractivity contribution in [3.05, 3.63) is 95.0 Å². The molecule has 0 saturated heterocycles. The number of carbonyl (C=O) groups is 1. The van der Waals surface area contributed by atoms with E-state index in [9.17, 15) is 13.2 Å². The molecule has 0 aromatic heterocycles. The van der Waals surface area contributed by atoms with Crippen LogP contribution in [0.2, 0.25) is 5.02 Å². The summed E-state index contributed by atoms with van der Waals surface area (Å²) in [7, 11) is -2.36. The highest BCUT2D eigenvalue weighted by molar-refractivity contribution is 7.92. The number of rotatable bonds is 9. The number of benzene rings is 3. The van der Waals surface area contributed by atoms with Gasteiger partial charge in [0, 0.05) is 25.8 Å². The molecule has 0 aliphatic rings. The quantitative estimate of drug-likeness (QED) is 0.514. The number of amides is 1. The van der Waals surface area contributed by atoms with E-state index in [0.717, 1.165) is 5.56 Å². The summed E-state index contributed by atoms with van der Waals surface area (Å²) in [6, 6.07) is 22.1. The third-order valence-electron chi connectivity index (χ3n) is 4.58. The molecule has 0 aliphatic heterocycles. The van der Waals surface area contributed by atoms with E-state index in [1.54, 1.807) is 48.4 Å². The van der Waals surface area contributed by atoms with Crippen LogP contribution < -0.4 is 4.72 Å². The predicted molar refractivity (Wildman–Crippen MR) is 122 cm³/mol. The average molecular weight is 459 g/mol. The topological polar surface area (TPSA) is 75.7 Å². The Hall–Kier alpha value is -2.87. The fraction of sp³-hybridized carbons (Fsp3) is 0.174. The Morgan fingerprint density at radius 3 is 2.42 bits per heavy atom. The van der Waals surface area contributed by atoms with Crippen LogP contribution in [0.25, 0.3) is 0 Å². The zero-order valence-electron chi connectivity index (χ0n) is 17.0. The van der Waals surface area contributed by atoms with E-state index >= 15 is 0 Å². The van der Waals surface area contributed by atoms with E-state index in [0.29, 0.717) is 19.7 Å². The van der Waals surface area contributed by atoms with Crippen LogP contribution >= 0.6 is 11.6 Å². The second kappa shape index (κ2) is 10.4.